The van der Waals surface area contributed by atoms with Crippen molar-refractivity contribution in [2.75, 3.05) is 43.4 Å². The summed E-state index contributed by atoms with van der Waals surface area (Å²) in [4.78, 5) is 29.4. The molecule has 0 aromatic heterocycles. The van der Waals surface area contributed by atoms with Gasteiger partial charge in [0.1, 0.15) is 0 Å². The molecule has 2 aromatic carbocycles. The lowest BCUT2D eigenvalue weighted by Crippen LogP contribution is -2.44. The minimum absolute atomic E-state index is 0.0419. The van der Waals surface area contributed by atoms with E-state index in [2.05, 4.69) is 40.4 Å². The molecular weight excluding hydrogens is 362 g/mol. The Kier molecular flexibility index (Phi) is 5.95. The average molecular weight is 392 g/mol. The predicted octanol–water partition coefficient (Wildman–Crippen LogP) is 3.53. The molecule has 0 saturated carbocycles. The number of ketones is 1. The van der Waals surface area contributed by atoms with Crippen LogP contribution in [0.25, 0.3) is 0 Å². The third kappa shape index (κ3) is 4.85. The van der Waals surface area contributed by atoms with Crippen molar-refractivity contribution in [2.45, 2.75) is 32.1 Å². The zero-order valence-corrected chi connectivity index (χ0v) is 17.1. The second-order valence-corrected chi connectivity index (χ2v) is 8.15. The van der Waals surface area contributed by atoms with Crippen LogP contribution in [0.15, 0.2) is 42.5 Å². The van der Waals surface area contributed by atoms with E-state index < -0.39 is 0 Å². The fraction of sp³-hybridized carbons (Fsp3) is 0.417. The van der Waals surface area contributed by atoms with Crippen molar-refractivity contribution in [3.63, 3.8) is 0 Å². The molecule has 1 fully saturated rings. The number of piperazine rings is 1. The number of nitrogens with zero attached hydrogens (tertiary/aromatic N) is 2. The van der Waals surface area contributed by atoms with Gasteiger partial charge in [0, 0.05) is 56.0 Å². The van der Waals surface area contributed by atoms with Crippen molar-refractivity contribution in [1.29, 1.82) is 0 Å². The van der Waals surface area contributed by atoms with Crippen LogP contribution in [0.4, 0.5) is 11.4 Å². The third-order valence-corrected chi connectivity index (χ3v) is 6.02. The molecule has 1 heterocycles. The van der Waals surface area contributed by atoms with Crippen molar-refractivity contribution >= 4 is 23.1 Å². The highest BCUT2D eigenvalue weighted by Crippen LogP contribution is 2.24. The maximum Gasteiger partial charge on any atom is 0.224 e. The first-order chi connectivity index (χ1) is 14.1. The van der Waals surface area contributed by atoms with E-state index in [4.69, 9.17) is 0 Å². The van der Waals surface area contributed by atoms with Crippen LogP contribution in [0, 0.1) is 0 Å². The maximum absolute atomic E-state index is 12.5. The first-order valence-corrected chi connectivity index (χ1v) is 10.6. The zero-order valence-electron chi connectivity index (χ0n) is 17.1. The van der Waals surface area contributed by atoms with Crippen molar-refractivity contribution in [3.05, 3.63) is 59.2 Å². The SMILES string of the molecule is CN1CCN(c2ccc(NC(=O)CCC(=O)c3ccc4c(c3)CCC4)cc2)CC1. The lowest BCUT2D eigenvalue weighted by atomic mass is 10.0. The number of carbonyl (C=O) groups excluding carboxylic acids is 2. The highest BCUT2D eigenvalue weighted by molar-refractivity contribution is 6.00. The Morgan fingerprint density at radius 3 is 2.38 bits per heavy atom. The molecule has 0 atom stereocenters. The number of likely N-dealkylation sites (N-methyl/N-ethyl adjacent to an activating group) is 1. The van der Waals surface area contributed by atoms with Gasteiger partial charge in [-0.25, -0.2) is 0 Å². The third-order valence-electron chi connectivity index (χ3n) is 6.02. The molecule has 5 heteroatoms. The van der Waals surface area contributed by atoms with Gasteiger partial charge in [0.2, 0.25) is 5.91 Å². The van der Waals surface area contributed by atoms with Crippen molar-refractivity contribution < 1.29 is 9.59 Å². The van der Waals surface area contributed by atoms with Crippen LogP contribution in [-0.2, 0) is 17.6 Å². The molecule has 1 amide bonds. The highest BCUT2D eigenvalue weighted by atomic mass is 16.2. The van der Waals surface area contributed by atoms with Gasteiger partial charge in [0.05, 0.1) is 0 Å². The van der Waals surface area contributed by atoms with Gasteiger partial charge in [-0.15, -0.1) is 0 Å². The van der Waals surface area contributed by atoms with E-state index in [0.717, 1.165) is 50.3 Å². The number of aryl methyl sites for hydroxylation is 2. The van der Waals surface area contributed by atoms with Gasteiger partial charge in [-0.2, -0.15) is 0 Å². The monoisotopic (exact) mass is 391 g/mol. The van der Waals surface area contributed by atoms with Gasteiger partial charge in [-0.3, -0.25) is 9.59 Å². The zero-order chi connectivity index (χ0) is 20.2. The van der Waals surface area contributed by atoms with Gasteiger partial charge < -0.3 is 15.1 Å². The van der Waals surface area contributed by atoms with Crippen LogP contribution in [-0.4, -0.2) is 49.8 Å². The van der Waals surface area contributed by atoms with Gasteiger partial charge >= 0.3 is 0 Å². The molecular formula is C24H29N3O2. The minimum Gasteiger partial charge on any atom is -0.369 e. The van der Waals surface area contributed by atoms with E-state index in [0.29, 0.717) is 0 Å². The van der Waals surface area contributed by atoms with E-state index in [-0.39, 0.29) is 24.5 Å². The molecule has 0 spiro atoms. The van der Waals surface area contributed by atoms with Crippen LogP contribution < -0.4 is 10.2 Å². The molecule has 152 valence electrons. The molecule has 0 bridgehead atoms. The Labute approximate surface area is 172 Å². The molecule has 29 heavy (non-hydrogen) atoms. The lowest BCUT2D eigenvalue weighted by Gasteiger charge is -2.34. The summed E-state index contributed by atoms with van der Waals surface area (Å²) in [5, 5.41) is 2.91. The summed E-state index contributed by atoms with van der Waals surface area (Å²) in [7, 11) is 2.14. The molecule has 0 unspecified atom stereocenters. The van der Waals surface area contributed by atoms with Crippen molar-refractivity contribution in [1.82, 2.24) is 4.90 Å². The molecule has 1 saturated heterocycles. The Balaban J connectivity index is 1.26. The molecule has 4 rings (SSSR count). The average Bonchev–Trinajstić information content (AvgIpc) is 3.21. The first-order valence-electron chi connectivity index (χ1n) is 10.6. The van der Waals surface area contributed by atoms with Gasteiger partial charge in [-0.1, -0.05) is 12.1 Å². The fourth-order valence-corrected chi connectivity index (χ4v) is 4.16. The first kappa shape index (κ1) is 19.6. The van der Waals surface area contributed by atoms with E-state index >= 15 is 0 Å². The Morgan fingerprint density at radius 1 is 0.897 bits per heavy atom. The Morgan fingerprint density at radius 2 is 1.62 bits per heavy atom. The summed E-state index contributed by atoms with van der Waals surface area (Å²) in [5.74, 6) is -0.0767. The number of benzene rings is 2. The van der Waals surface area contributed by atoms with Gasteiger partial charge in [0.15, 0.2) is 5.78 Å². The molecule has 2 aliphatic rings. The van der Waals surface area contributed by atoms with Crippen LogP contribution >= 0.6 is 0 Å². The quantitative estimate of drug-likeness (QED) is 0.766. The van der Waals surface area contributed by atoms with Crippen molar-refractivity contribution in [3.8, 4) is 0 Å². The van der Waals surface area contributed by atoms with Crippen LogP contribution in [0.5, 0.6) is 0 Å². The van der Waals surface area contributed by atoms with Gasteiger partial charge in [0.25, 0.3) is 0 Å². The number of amides is 1. The summed E-state index contributed by atoms with van der Waals surface area (Å²) in [6, 6.07) is 14.0. The number of Topliss-reactive ketones (excluding diaryl/α,β-unsaturated/α-hetero) is 1. The molecule has 1 aliphatic heterocycles. The molecule has 0 radical (unpaired) electrons. The normalized spacial score (nSPS) is 16.5. The molecule has 1 aliphatic carbocycles. The molecule has 2 aromatic rings. The topological polar surface area (TPSA) is 52.6 Å². The number of fused-ring (bicyclic) bond motifs is 1. The van der Waals surface area contributed by atoms with Crippen LogP contribution in [0.1, 0.15) is 40.7 Å². The number of anilines is 2. The van der Waals surface area contributed by atoms with Gasteiger partial charge in [-0.05, 0) is 67.8 Å². The molecule has 5 nitrogen and oxygen atoms in total. The second-order valence-electron chi connectivity index (χ2n) is 8.15. The largest absolute Gasteiger partial charge is 0.369 e. The van der Waals surface area contributed by atoms with Crippen LogP contribution in [0.2, 0.25) is 0 Å². The predicted molar refractivity (Wildman–Crippen MR) is 117 cm³/mol. The summed E-state index contributed by atoms with van der Waals surface area (Å²) in [6.07, 6.45) is 3.78. The van der Waals surface area contributed by atoms with E-state index in [9.17, 15) is 9.59 Å². The number of rotatable bonds is 6. The second kappa shape index (κ2) is 8.78. The molecule has 1 N–H and O–H groups in total. The maximum atomic E-state index is 12.5. The summed E-state index contributed by atoms with van der Waals surface area (Å²) in [5.41, 5.74) is 5.34. The fourth-order valence-electron chi connectivity index (χ4n) is 4.16. The van der Waals surface area contributed by atoms with Crippen LogP contribution in [0.3, 0.4) is 0 Å². The number of carbonyl (C=O) groups is 2. The number of nitrogens with one attached hydrogen (secondary N) is 1. The minimum atomic E-state index is -0.119. The lowest BCUT2D eigenvalue weighted by molar-refractivity contribution is -0.116. The van der Waals surface area contributed by atoms with E-state index in [1.54, 1.807) is 0 Å². The summed E-state index contributed by atoms with van der Waals surface area (Å²) >= 11 is 0. The Hall–Kier alpha value is -2.66. The Bertz CT molecular complexity index is 883. The highest BCUT2D eigenvalue weighted by Gasteiger charge is 2.16. The van der Waals surface area contributed by atoms with Crippen molar-refractivity contribution in [2.24, 2.45) is 0 Å². The summed E-state index contributed by atoms with van der Waals surface area (Å²) in [6.45, 7) is 4.17. The van der Waals surface area contributed by atoms with E-state index in [1.165, 1.54) is 23.2 Å². The smallest absolute Gasteiger partial charge is 0.224 e. The number of hydrogen-bond acceptors (Lipinski definition) is 4. The number of hydrogen-bond donors (Lipinski definition) is 1. The standard InChI is InChI=1S/C24H29N3O2/c1-26-13-15-27(16-14-26)22-9-7-21(8-10-22)25-24(29)12-11-23(28)20-6-5-18-3-2-4-19(18)17-20/h5-10,17H,2-4,11-16H2,1H3,(H,25,29). The summed E-state index contributed by atoms with van der Waals surface area (Å²) < 4.78 is 0. The van der Waals surface area contributed by atoms with E-state index in [1.807, 2.05) is 24.3 Å².